The van der Waals surface area contributed by atoms with Crippen LogP contribution in [0.4, 0.5) is 4.79 Å². The molecule has 2 heterocycles. The van der Waals surface area contributed by atoms with Crippen molar-refractivity contribution in [2.75, 3.05) is 20.8 Å². The maximum absolute atomic E-state index is 12.7. The fourth-order valence-corrected chi connectivity index (χ4v) is 5.98. The number of ether oxygens (including phenoxy) is 4. The number of hydrogen-bond acceptors (Lipinski definition) is 5. The topological polar surface area (TPSA) is 57.2 Å². The van der Waals surface area contributed by atoms with Crippen LogP contribution in [0, 0.1) is 5.92 Å². The van der Waals surface area contributed by atoms with Crippen LogP contribution >= 0.6 is 11.6 Å². The zero-order valence-corrected chi connectivity index (χ0v) is 17.0. The molecule has 6 nitrogen and oxygen atoms in total. The summed E-state index contributed by atoms with van der Waals surface area (Å²) in [5.74, 6) is 2.70. The summed E-state index contributed by atoms with van der Waals surface area (Å²) in [5, 5.41) is 0. The van der Waals surface area contributed by atoms with Gasteiger partial charge in [0.05, 0.1) is 19.6 Å². The second-order valence-corrected chi connectivity index (χ2v) is 8.58. The summed E-state index contributed by atoms with van der Waals surface area (Å²) >= 11 is 5.92. The van der Waals surface area contributed by atoms with Gasteiger partial charge < -0.3 is 23.8 Å². The normalized spacial score (nSPS) is 32.6. The van der Waals surface area contributed by atoms with E-state index in [1.807, 2.05) is 11.0 Å². The molecule has 1 saturated heterocycles. The highest BCUT2D eigenvalue weighted by molar-refractivity contribution is 6.19. The Kier molecular flexibility index (Phi) is 3.99. The Hall–Kier alpha value is -2.08. The van der Waals surface area contributed by atoms with Crippen LogP contribution in [0.25, 0.3) is 0 Å². The molecule has 1 aromatic rings. The quantitative estimate of drug-likeness (QED) is 0.719. The molecule has 2 aliphatic carbocycles. The van der Waals surface area contributed by atoms with Gasteiger partial charge in [0, 0.05) is 18.2 Å². The molecule has 0 saturated carbocycles. The highest BCUT2D eigenvalue weighted by Gasteiger charge is 2.65. The number of carbonyl (C=O) groups is 1. The van der Waals surface area contributed by atoms with Crippen molar-refractivity contribution in [1.82, 2.24) is 4.90 Å². The summed E-state index contributed by atoms with van der Waals surface area (Å²) in [6.07, 6.45) is 3.99. The average Bonchev–Trinajstić information content (AvgIpc) is 3.01. The molecule has 2 aliphatic heterocycles. The van der Waals surface area contributed by atoms with Crippen LogP contribution in [0.15, 0.2) is 24.0 Å². The molecule has 0 aromatic heterocycles. The molecule has 0 radical (unpaired) electrons. The Bertz CT molecular complexity index is 869. The summed E-state index contributed by atoms with van der Waals surface area (Å²) in [5.41, 5.74) is 1.61. The summed E-state index contributed by atoms with van der Waals surface area (Å²) in [7, 11) is 3.37. The van der Waals surface area contributed by atoms with Crippen molar-refractivity contribution in [3.05, 3.63) is 35.1 Å². The van der Waals surface area contributed by atoms with Crippen LogP contribution in [0.5, 0.6) is 11.5 Å². The molecule has 150 valence electrons. The first-order chi connectivity index (χ1) is 13.5. The molecule has 2 bridgehead atoms. The molecule has 1 amide bonds. The predicted octanol–water partition coefficient (Wildman–Crippen LogP) is 3.60. The Morgan fingerprint density at radius 3 is 2.89 bits per heavy atom. The van der Waals surface area contributed by atoms with Gasteiger partial charge in [-0.3, -0.25) is 0 Å². The van der Waals surface area contributed by atoms with E-state index in [2.05, 4.69) is 12.1 Å². The summed E-state index contributed by atoms with van der Waals surface area (Å²) in [6.45, 7) is 2.27. The predicted molar refractivity (Wildman–Crippen MR) is 103 cm³/mol. The van der Waals surface area contributed by atoms with E-state index < -0.39 is 5.56 Å². The highest BCUT2D eigenvalue weighted by atomic mass is 35.5. The molecule has 1 aromatic carbocycles. The largest absolute Gasteiger partial charge is 0.497 e. The number of allylic oxidation sites excluding steroid dienone is 1. The molecule has 3 unspecified atom stereocenters. The number of halogens is 1. The molecule has 5 rings (SSSR count). The van der Waals surface area contributed by atoms with E-state index in [1.165, 1.54) is 11.1 Å². The first kappa shape index (κ1) is 18.0. The van der Waals surface area contributed by atoms with Crippen LogP contribution in [-0.2, 0) is 21.3 Å². The number of likely N-dealkylation sites (tertiary alicyclic amines) is 1. The van der Waals surface area contributed by atoms with Crippen LogP contribution in [0.3, 0.4) is 0 Å². The number of methoxy groups -OCH3 is 2. The number of carbonyl (C=O) groups excluding carboxylic acids is 1. The van der Waals surface area contributed by atoms with Crippen molar-refractivity contribution in [3.63, 3.8) is 0 Å². The lowest BCUT2D eigenvalue weighted by Gasteiger charge is -2.56. The average molecular weight is 406 g/mol. The van der Waals surface area contributed by atoms with Gasteiger partial charge in [0.15, 0.2) is 23.2 Å². The maximum atomic E-state index is 12.7. The smallest absolute Gasteiger partial charge is 0.411 e. The van der Waals surface area contributed by atoms with Crippen molar-refractivity contribution in [3.8, 4) is 11.5 Å². The van der Waals surface area contributed by atoms with E-state index in [0.717, 1.165) is 36.5 Å². The van der Waals surface area contributed by atoms with Crippen molar-refractivity contribution < 1.29 is 23.7 Å². The monoisotopic (exact) mass is 405 g/mol. The van der Waals surface area contributed by atoms with Crippen LogP contribution in [-0.4, -0.2) is 49.5 Å². The lowest BCUT2D eigenvalue weighted by Crippen LogP contribution is -2.65. The van der Waals surface area contributed by atoms with Crippen LogP contribution < -0.4 is 9.47 Å². The molecular formula is C21H24ClNO5. The first-order valence-corrected chi connectivity index (χ1v) is 10.2. The van der Waals surface area contributed by atoms with Gasteiger partial charge >= 0.3 is 6.09 Å². The van der Waals surface area contributed by atoms with Crippen molar-refractivity contribution in [2.45, 2.75) is 49.3 Å². The van der Waals surface area contributed by atoms with Gasteiger partial charge in [-0.25, -0.2) is 4.79 Å². The SMILES string of the molecule is COC1=CCC2C3Cc4ccc(OC)c5c4[C@@]2(CCN3C(=O)OC(C)Cl)[C@H]1O5. The third-order valence-electron chi connectivity index (χ3n) is 6.88. The van der Waals surface area contributed by atoms with Gasteiger partial charge in [-0.05, 0) is 49.8 Å². The minimum absolute atomic E-state index is 0.0456. The first-order valence-electron chi connectivity index (χ1n) is 9.73. The van der Waals surface area contributed by atoms with Gasteiger partial charge in [-0.15, -0.1) is 0 Å². The third-order valence-corrected chi connectivity index (χ3v) is 6.97. The Labute approximate surface area is 169 Å². The molecule has 5 atom stereocenters. The van der Waals surface area contributed by atoms with Crippen molar-refractivity contribution in [1.29, 1.82) is 0 Å². The van der Waals surface area contributed by atoms with Gasteiger partial charge in [0.2, 0.25) is 0 Å². The van der Waals surface area contributed by atoms with E-state index in [1.54, 1.807) is 21.1 Å². The standard InChI is InChI=1S/C21H24ClNO5/c1-11(22)27-20(24)23-9-8-21-13-5-7-16(26-3)19(21)28-18-15(25-2)6-4-12(17(18)21)10-14(13)23/h4,6-7,11,13-14,19H,5,8-10H2,1-3H3/t11?,13?,14?,19-,21-/m0/s1. The molecule has 4 aliphatic rings. The minimum atomic E-state index is -0.649. The summed E-state index contributed by atoms with van der Waals surface area (Å²) in [6, 6.07) is 4.11. The number of piperidine rings is 1. The second kappa shape index (κ2) is 6.21. The lowest BCUT2D eigenvalue weighted by molar-refractivity contribution is -0.0348. The van der Waals surface area contributed by atoms with Gasteiger partial charge in [0.25, 0.3) is 0 Å². The molecule has 7 heteroatoms. The maximum Gasteiger partial charge on any atom is 0.411 e. The zero-order chi connectivity index (χ0) is 19.6. The van der Waals surface area contributed by atoms with Crippen molar-refractivity contribution in [2.24, 2.45) is 5.92 Å². The Morgan fingerprint density at radius 2 is 2.18 bits per heavy atom. The number of amides is 1. The second-order valence-electron chi connectivity index (χ2n) is 7.96. The molecule has 1 fully saturated rings. The number of rotatable bonds is 3. The molecular weight excluding hydrogens is 382 g/mol. The van der Waals surface area contributed by atoms with Gasteiger partial charge in [-0.2, -0.15) is 0 Å². The lowest BCUT2D eigenvalue weighted by atomic mass is 9.53. The zero-order valence-electron chi connectivity index (χ0n) is 16.2. The van der Waals surface area contributed by atoms with E-state index in [-0.39, 0.29) is 29.6 Å². The van der Waals surface area contributed by atoms with E-state index in [4.69, 9.17) is 30.5 Å². The molecule has 1 spiro atoms. The van der Waals surface area contributed by atoms with Crippen molar-refractivity contribution >= 4 is 17.7 Å². The fourth-order valence-electron chi connectivity index (χ4n) is 5.90. The summed E-state index contributed by atoms with van der Waals surface area (Å²) < 4.78 is 23.1. The Morgan fingerprint density at radius 1 is 1.36 bits per heavy atom. The molecule has 28 heavy (non-hydrogen) atoms. The molecule has 0 N–H and O–H groups in total. The van der Waals surface area contributed by atoms with Gasteiger partial charge in [-0.1, -0.05) is 17.7 Å². The Balaban J connectivity index is 1.65. The number of nitrogens with zero attached hydrogens (tertiary/aromatic N) is 1. The van der Waals surface area contributed by atoms with E-state index in [9.17, 15) is 4.79 Å². The van der Waals surface area contributed by atoms with Crippen LogP contribution in [0.2, 0.25) is 0 Å². The van der Waals surface area contributed by atoms with Gasteiger partial charge in [0.1, 0.15) is 5.76 Å². The number of hydrogen-bond donors (Lipinski definition) is 0. The number of benzene rings is 1. The van der Waals surface area contributed by atoms with Crippen LogP contribution in [0.1, 0.15) is 30.9 Å². The highest BCUT2D eigenvalue weighted by Crippen LogP contribution is 2.63. The summed E-state index contributed by atoms with van der Waals surface area (Å²) in [4.78, 5) is 14.6. The van der Waals surface area contributed by atoms with E-state index >= 15 is 0 Å². The third kappa shape index (κ3) is 2.18. The fraction of sp³-hybridized carbons (Fsp3) is 0.571. The minimum Gasteiger partial charge on any atom is -0.497 e. The number of alkyl halides is 1. The van der Waals surface area contributed by atoms with E-state index in [0.29, 0.717) is 6.54 Å².